The lowest BCUT2D eigenvalue weighted by Gasteiger charge is -2.20. The minimum Gasteiger partial charge on any atom is -0.460 e. The van der Waals surface area contributed by atoms with Gasteiger partial charge in [0.15, 0.2) is 0 Å². The number of benzene rings is 1. The predicted octanol–water partition coefficient (Wildman–Crippen LogP) is 2.41. The summed E-state index contributed by atoms with van der Waals surface area (Å²) in [5, 5.41) is 0.681. The molecule has 0 bridgehead atoms. The van der Waals surface area contributed by atoms with Gasteiger partial charge in [-0.2, -0.15) is 0 Å². The summed E-state index contributed by atoms with van der Waals surface area (Å²) in [6, 6.07) is 7.48. The third-order valence-electron chi connectivity index (χ3n) is 3.52. The Bertz CT molecular complexity index is 531. The van der Waals surface area contributed by atoms with E-state index in [-0.39, 0.29) is 12.6 Å². The summed E-state index contributed by atoms with van der Waals surface area (Å²) in [5.74, 6) is -0.867. The summed E-state index contributed by atoms with van der Waals surface area (Å²) in [6.07, 6.45) is -0.535. The van der Waals surface area contributed by atoms with Crippen molar-refractivity contribution < 1.29 is 19.1 Å². The quantitative estimate of drug-likeness (QED) is 0.752. The van der Waals surface area contributed by atoms with E-state index in [4.69, 9.17) is 21.1 Å². The summed E-state index contributed by atoms with van der Waals surface area (Å²) in [4.78, 5) is 25.4. The molecule has 0 aliphatic carbocycles. The van der Waals surface area contributed by atoms with E-state index in [1.807, 2.05) is 36.1 Å². The standard InChI is InChI=1S/C16H20ClNO4/c1-3-18(9-12-4-6-13(17)7-5-12)10-15(19)22-14-8-11(2)21-16(14)20/h4-7,11,14H,3,8-10H2,1-2H3/t11-,14-/m1/s1. The number of nitrogens with zero attached hydrogens (tertiary/aromatic N) is 1. The van der Waals surface area contributed by atoms with E-state index < -0.39 is 18.0 Å². The Labute approximate surface area is 135 Å². The number of halogens is 1. The molecule has 0 amide bonds. The number of hydrogen-bond acceptors (Lipinski definition) is 5. The van der Waals surface area contributed by atoms with Crippen LogP contribution < -0.4 is 0 Å². The second-order valence-electron chi connectivity index (χ2n) is 5.39. The molecule has 6 heteroatoms. The van der Waals surface area contributed by atoms with Gasteiger partial charge in [-0.25, -0.2) is 4.79 Å². The van der Waals surface area contributed by atoms with Crippen molar-refractivity contribution >= 4 is 23.5 Å². The summed E-state index contributed by atoms with van der Waals surface area (Å²) in [7, 11) is 0. The van der Waals surface area contributed by atoms with E-state index in [1.165, 1.54) is 0 Å². The van der Waals surface area contributed by atoms with Gasteiger partial charge in [0.25, 0.3) is 0 Å². The van der Waals surface area contributed by atoms with Crippen LogP contribution in [0, 0.1) is 0 Å². The van der Waals surface area contributed by atoms with Crippen molar-refractivity contribution in [2.75, 3.05) is 13.1 Å². The highest BCUT2D eigenvalue weighted by Gasteiger charge is 2.35. The number of hydrogen-bond donors (Lipinski definition) is 0. The maximum Gasteiger partial charge on any atom is 0.347 e. The van der Waals surface area contributed by atoms with Gasteiger partial charge in [0.1, 0.15) is 6.10 Å². The second-order valence-corrected chi connectivity index (χ2v) is 5.83. The zero-order valence-electron chi connectivity index (χ0n) is 12.8. The maximum absolute atomic E-state index is 12.0. The van der Waals surface area contributed by atoms with Crippen LogP contribution in [0.25, 0.3) is 0 Å². The lowest BCUT2D eigenvalue weighted by molar-refractivity contribution is -0.161. The van der Waals surface area contributed by atoms with Gasteiger partial charge in [-0.05, 0) is 31.2 Å². The van der Waals surface area contributed by atoms with Crippen molar-refractivity contribution in [1.82, 2.24) is 4.90 Å². The molecule has 0 N–H and O–H groups in total. The van der Waals surface area contributed by atoms with Crippen LogP contribution in [0.2, 0.25) is 5.02 Å². The van der Waals surface area contributed by atoms with Crippen molar-refractivity contribution in [3.05, 3.63) is 34.9 Å². The Morgan fingerprint density at radius 3 is 2.64 bits per heavy atom. The average molecular weight is 326 g/mol. The van der Waals surface area contributed by atoms with Crippen LogP contribution in [-0.2, 0) is 25.6 Å². The maximum atomic E-state index is 12.0. The Morgan fingerprint density at radius 2 is 2.09 bits per heavy atom. The number of carbonyl (C=O) groups excluding carboxylic acids is 2. The molecule has 0 aromatic heterocycles. The van der Waals surface area contributed by atoms with E-state index in [2.05, 4.69) is 0 Å². The summed E-state index contributed by atoms with van der Waals surface area (Å²) in [6.45, 7) is 5.20. The van der Waals surface area contributed by atoms with Crippen molar-refractivity contribution in [2.45, 2.75) is 39.0 Å². The molecule has 2 atom stereocenters. The Morgan fingerprint density at radius 1 is 1.41 bits per heavy atom. The molecule has 1 heterocycles. The van der Waals surface area contributed by atoms with Crippen LogP contribution in [0.3, 0.4) is 0 Å². The van der Waals surface area contributed by atoms with Gasteiger partial charge in [-0.15, -0.1) is 0 Å². The topological polar surface area (TPSA) is 55.8 Å². The Hall–Kier alpha value is -1.59. The van der Waals surface area contributed by atoms with Crippen LogP contribution >= 0.6 is 11.6 Å². The van der Waals surface area contributed by atoms with Crippen LogP contribution in [0.15, 0.2) is 24.3 Å². The lowest BCUT2D eigenvalue weighted by Crippen LogP contribution is -2.33. The van der Waals surface area contributed by atoms with Gasteiger partial charge in [-0.1, -0.05) is 30.7 Å². The fraction of sp³-hybridized carbons (Fsp3) is 0.500. The number of esters is 2. The molecule has 0 unspecified atom stereocenters. The minimum atomic E-state index is -0.767. The smallest absolute Gasteiger partial charge is 0.347 e. The first kappa shape index (κ1) is 16.8. The van der Waals surface area contributed by atoms with Gasteiger partial charge in [0, 0.05) is 18.0 Å². The van der Waals surface area contributed by atoms with Gasteiger partial charge in [0.05, 0.1) is 6.54 Å². The summed E-state index contributed by atoms with van der Waals surface area (Å²) < 4.78 is 10.2. The Kier molecular flexibility index (Phi) is 5.80. The average Bonchev–Trinajstić information content (AvgIpc) is 2.78. The summed E-state index contributed by atoms with van der Waals surface area (Å²) >= 11 is 5.86. The summed E-state index contributed by atoms with van der Waals surface area (Å²) in [5.41, 5.74) is 1.06. The SMILES string of the molecule is CCN(CC(=O)O[C@@H]1C[C@@H](C)OC1=O)Cc1ccc(Cl)cc1. The molecule has 1 aliphatic heterocycles. The van der Waals surface area contributed by atoms with E-state index in [0.717, 1.165) is 5.56 Å². The van der Waals surface area contributed by atoms with Gasteiger partial charge < -0.3 is 9.47 Å². The predicted molar refractivity (Wildman–Crippen MR) is 82.5 cm³/mol. The first-order valence-corrected chi connectivity index (χ1v) is 7.72. The van der Waals surface area contributed by atoms with Crippen LogP contribution in [0.5, 0.6) is 0 Å². The van der Waals surface area contributed by atoms with Crippen molar-refractivity contribution in [2.24, 2.45) is 0 Å². The fourth-order valence-corrected chi connectivity index (χ4v) is 2.45. The van der Waals surface area contributed by atoms with E-state index in [9.17, 15) is 9.59 Å². The van der Waals surface area contributed by atoms with Crippen LogP contribution in [-0.4, -0.2) is 42.1 Å². The van der Waals surface area contributed by atoms with Crippen molar-refractivity contribution in [3.63, 3.8) is 0 Å². The number of cyclic esters (lactones) is 1. The molecule has 5 nitrogen and oxygen atoms in total. The normalized spacial score (nSPS) is 21.0. The number of likely N-dealkylation sites (N-methyl/N-ethyl adjacent to an activating group) is 1. The molecule has 1 fully saturated rings. The largest absolute Gasteiger partial charge is 0.460 e. The first-order chi connectivity index (χ1) is 10.5. The Balaban J connectivity index is 1.85. The molecule has 1 aliphatic rings. The number of ether oxygens (including phenoxy) is 2. The van der Waals surface area contributed by atoms with E-state index in [1.54, 1.807) is 6.92 Å². The molecule has 120 valence electrons. The zero-order chi connectivity index (χ0) is 16.1. The highest BCUT2D eigenvalue weighted by molar-refractivity contribution is 6.30. The van der Waals surface area contributed by atoms with E-state index >= 15 is 0 Å². The lowest BCUT2D eigenvalue weighted by atomic mass is 10.2. The van der Waals surface area contributed by atoms with Crippen molar-refractivity contribution in [3.8, 4) is 0 Å². The molecular weight excluding hydrogens is 306 g/mol. The molecule has 1 aromatic rings. The molecule has 22 heavy (non-hydrogen) atoms. The number of carbonyl (C=O) groups is 2. The fourth-order valence-electron chi connectivity index (χ4n) is 2.32. The molecule has 0 saturated carbocycles. The molecule has 0 radical (unpaired) electrons. The third kappa shape index (κ3) is 4.71. The number of rotatable bonds is 6. The molecule has 1 aromatic carbocycles. The zero-order valence-corrected chi connectivity index (χ0v) is 13.5. The highest BCUT2D eigenvalue weighted by atomic mass is 35.5. The molecular formula is C16H20ClNO4. The first-order valence-electron chi connectivity index (χ1n) is 7.34. The van der Waals surface area contributed by atoms with Gasteiger partial charge >= 0.3 is 11.9 Å². The van der Waals surface area contributed by atoms with E-state index in [0.29, 0.717) is 24.5 Å². The molecule has 1 saturated heterocycles. The highest BCUT2D eigenvalue weighted by Crippen LogP contribution is 2.17. The van der Waals surface area contributed by atoms with Gasteiger partial charge in [0.2, 0.25) is 6.10 Å². The monoisotopic (exact) mass is 325 g/mol. The van der Waals surface area contributed by atoms with Crippen LogP contribution in [0.1, 0.15) is 25.8 Å². The van der Waals surface area contributed by atoms with Crippen LogP contribution in [0.4, 0.5) is 0 Å². The minimum absolute atomic E-state index is 0.136. The second kappa shape index (κ2) is 7.61. The van der Waals surface area contributed by atoms with Crippen molar-refractivity contribution in [1.29, 1.82) is 0 Å². The third-order valence-corrected chi connectivity index (χ3v) is 3.77. The molecule has 2 rings (SSSR count). The van der Waals surface area contributed by atoms with Gasteiger partial charge in [-0.3, -0.25) is 9.69 Å². The molecule has 0 spiro atoms.